The van der Waals surface area contributed by atoms with E-state index in [-0.39, 0.29) is 6.42 Å². The number of hydrogen-bond donors (Lipinski definition) is 0. The van der Waals surface area contributed by atoms with E-state index < -0.39 is 6.67 Å². The van der Waals surface area contributed by atoms with Crippen molar-refractivity contribution in [2.24, 2.45) is 0 Å². The van der Waals surface area contributed by atoms with Crippen molar-refractivity contribution in [2.45, 2.75) is 6.42 Å². The van der Waals surface area contributed by atoms with E-state index in [9.17, 15) is 8.78 Å². The molecule has 0 saturated carbocycles. The van der Waals surface area contributed by atoms with Crippen molar-refractivity contribution in [3.05, 3.63) is 12.4 Å². The van der Waals surface area contributed by atoms with Crippen LogP contribution in [0.3, 0.4) is 0 Å². The molecule has 36 valence electrons. The topological polar surface area (TPSA) is 0 Å². The van der Waals surface area contributed by atoms with Gasteiger partial charge in [-0.25, -0.2) is 4.39 Å². The summed E-state index contributed by atoms with van der Waals surface area (Å²) in [5.41, 5.74) is 0. The van der Waals surface area contributed by atoms with Crippen molar-refractivity contribution in [1.29, 1.82) is 0 Å². The molecule has 0 radical (unpaired) electrons. The zero-order valence-electron chi connectivity index (χ0n) is 3.32. The molecular formula is C4H6F2. The minimum Gasteiger partial charge on any atom is -0.251 e. The molecule has 6 heavy (non-hydrogen) atoms. The van der Waals surface area contributed by atoms with Gasteiger partial charge in [-0.3, -0.25) is 4.39 Å². The normalized spacial score (nSPS) is 10.3. The second kappa shape index (κ2) is 4.60. The van der Waals surface area contributed by atoms with Crippen LogP contribution < -0.4 is 0 Å². The van der Waals surface area contributed by atoms with E-state index >= 15 is 0 Å². The minimum absolute atomic E-state index is 0.191. The van der Waals surface area contributed by atoms with Crippen LogP contribution in [0.5, 0.6) is 0 Å². The third-order valence-corrected chi connectivity index (χ3v) is 0.365. The van der Waals surface area contributed by atoms with Crippen molar-refractivity contribution in [3.63, 3.8) is 0 Å². The molecule has 0 saturated heterocycles. The summed E-state index contributed by atoms with van der Waals surface area (Å²) in [7, 11) is 0. The van der Waals surface area contributed by atoms with Gasteiger partial charge in [0.25, 0.3) is 0 Å². The Kier molecular flexibility index (Phi) is 4.29. The second-order valence-corrected chi connectivity index (χ2v) is 0.839. The number of halogens is 2. The summed E-state index contributed by atoms with van der Waals surface area (Å²) in [6.45, 7) is -0.472. The van der Waals surface area contributed by atoms with Gasteiger partial charge in [0, 0.05) is 0 Å². The lowest BCUT2D eigenvalue weighted by molar-refractivity contribution is 0.499. The molecule has 0 aromatic carbocycles. The summed E-state index contributed by atoms with van der Waals surface area (Å²) in [6, 6.07) is 0. The Morgan fingerprint density at radius 1 is 1.50 bits per heavy atom. The molecule has 0 amide bonds. The lowest BCUT2D eigenvalue weighted by atomic mass is 10.5. The zero-order valence-corrected chi connectivity index (χ0v) is 3.32. The Labute approximate surface area is 35.5 Å². The van der Waals surface area contributed by atoms with Crippen LogP contribution >= 0.6 is 0 Å². The SMILES string of the molecule is FC=CCCF. The van der Waals surface area contributed by atoms with Crippen LogP contribution in [-0.4, -0.2) is 6.67 Å². The highest BCUT2D eigenvalue weighted by Crippen LogP contribution is 1.81. The van der Waals surface area contributed by atoms with Crippen molar-refractivity contribution < 1.29 is 8.78 Å². The number of hydrogen-bond acceptors (Lipinski definition) is 0. The molecule has 0 aliphatic rings. The Hall–Kier alpha value is -0.400. The summed E-state index contributed by atoms with van der Waals surface area (Å²) in [4.78, 5) is 0. The average molecular weight is 92.1 g/mol. The van der Waals surface area contributed by atoms with Crippen LogP contribution in [-0.2, 0) is 0 Å². The standard InChI is InChI=1S/C4H6F2/c5-3-1-2-4-6/h1,3H,2,4H2. The maximum absolute atomic E-state index is 11.0. The molecule has 0 atom stereocenters. The number of rotatable bonds is 2. The molecule has 0 aromatic heterocycles. The third-order valence-electron chi connectivity index (χ3n) is 0.365. The first-order valence-corrected chi connectivity index (χ1v) is 1.73. The van der Waals surface area contributed by atoms with E-state index in [4.69, 9.17) is 0 Å². The highest BCUT2D eigenvalue weighted by molar-refractivity contribution is 4.70. The molecule has 0 spiro atoms. The Balaban J connectivity index is 2.66. The first-order valence-electron chi connectivity index (χ1n) is 1.73. The highest BCUT2D eigenvalue weighted by Gasteiger charge is 1.70. The molecule has 0 rings (SSSR count). The van der Waals surface area contributed by atoms with Gasteiger partial charge >= 0.3 is 0 Å². The molecule has 0 aromatic rings. The molecule has 2 heteroatoms. The van der Waals surface area contributed by atoms with Crippen molar-refractivity contribution in [2.75, 3.05) is 6.67 Å². The fourth-order valence-electron chi connectivity index (χ4n) is 0.126. The summed E-state index contributed by atoms with van der Waals surface area (Å²) < 4.78 is 21.8. The Morgan fingerprint density at radius 3 is 2.33 bits per heavy atom. The lowest BCUT2D eigenvalue weighted by Crippen LogP contribution is -1.63. The summed E-state index contributed by atoms with van der Waals surface area (Å²) in [6.07, 6.45) is 1.68. The Bertz CT molecular complexity index is 40.8. The third kappa shape index (κ3) is 3.60. The lowest BCUT2D eigenvalue weighted by Gasteiger charge is -1.71. The van der Waals surface area contributed by atoms with Crippen LogP contribution in [0.2, 0.25) is 0 Å². The van der Waals surface area contributed by atoms with Gasteiger partial charge < -0.3 is 0 Å². The van der Waals surface area contributed by atoms with Crippen molar-refractivity contribution >= 4 is 0 Å². The molecule has 0 nitrogen and oxygen atoms in total. The van der Waals surface area contributed by atoms with Gasteiger partial charge in [-0.1, -0.05) is 6.08 Å². The number of allylic oxidation sites excluding steroid dienone is 1. The number of alkyl halides is 1. The van der Waals surface area contributed by atoms with E-state index in [0.29, 0.717) is 6.33 Å². The maximum atomic E-state index is 11.0. The van der Waals surface area contributed by atoms with Gasteiger partial charge in [-0.05, 0) is 6.42 Å². The van der Waals surface area contributed by atoms with Gasteiger partial charge in [-0.15, -0.1) is 0 Å². The van der Waals surface area contributed by atoms with Gasteiger partial charge in [-0.2, -0.15) is 0 Å². The second-order valence-electron chi connectivity index (χ2n) is 0.839. The van der Waals surface area contributed by atoms with Crippen LogP contribution in [0, 0.1) is 0 Å². The molecule has 0 bridgehead atoms. The molecule has 0 unspecified atom stereocenters. The van der Waals surface area contributed by atoms with Crippen LogP contribution in [0.25, 0.3) is 0 Å². The smallest absolute Gasteiger partial charge is 0.0929 e. The largest absolute Gasteiger partial charge is 0.251 e. The first-order chi connectivity index (χ1) is 2.91. The molecule has 0 fully saturated rings. The monoisotopic (exact) mass is 92.0 g/mol. The fraction of sp³-hybridized carbons (Fsp3) is 0.500. The van der Waals surface area contributed by atoms with Crippen molar-refractivity contribution in [3.8, 4) is 0 Å². The molecule has 0 N–H and O–H groups in total. The van der Waals surface area contributed by atoms with E-state index in [2.05, 4.69) is 0 Å². The summed E-state index contributed by atoms with van der Waals surface area (Å²) in [5.74, 6) is 0. The van der Waals surface area contributed by atoms with Crippen molar-refractivity contribution in [1.82, 2.24) is 0 Å². The van der Waals surface area contributed by atoms with Gasteiger partial charge in [0.1, 0.15) is 0 Å². The molecule has 0 aliphatic heterocycles. The first kappa shape index (κ1) is 5.60. The molecule has 0 heterocycles. The average Bonchev–Trinajstić information content (AvgIpc) is 1.61. The van der Waals surface area contributed by atoms with Gasteiger partial charge in [0.05, 0.1) is 13.0 Å². The Morgan fingerprint density at radius 2 is 2.17 bits per heavy atom. The predicted molar refractivity (Wildman–Crippen MR) is 20.8 cm³/mol. The summed E-state index contributed by atoms with van der Waals surface area (Å²) >= 11 is 0. The van der Waals surface area contributed by atoms with E-state index in [1.807, 2.05) is 0 Å². The predicted octanol–water partition coefficient (Wildman–Crippen LogP) is 1.83. The van der Waals surface area contributed by atoms with Crippen LogP contribution in [0.1, 0.15) is 6.42 Å². The zero-order chi connectivity index (χ0) is 4.83. The fourth-order valence-corrected chi connectivity index (χ4v) is 0.126. The molecular weight excluding hydrogens is 86.0 g/mol. The van der Waals surface area contributed by atoms with E-state index in [1.165, 1.54) is 0 Å². The maximum Gasteiger partial charge on any atom is 0.0929 e. The minimum atomic E-state index is -0.472. The van der Waals surface area contributed by atoms with E-state index in [0.717, 1.165) is 6.08 Å². The van der Waals surface area contributed by atoms with E-state index in [1.54, 1.807) is 0 Å². The quantitative estimate of drug-likeness (QED) is 0.487. The van der Waals surface area contributed by atoms with Crippen LogP contribution in [0.15, 0.2) is 12.4 Å². The molecule has 0 aliphatic carbocycles. The highest BCUT2D eigenvalue weighted by atomic mass is 19.1. The van der Waals surface area contributed by atoms with Gasteiger partial charge in [0.2, 0.25) is 0 Å². The van der Waals surface area contributed by atoms with Crippen LogP contribution in [0.4, 0.5) is 8.78 Å². The summed E-state index contributed by atoms with van der Waals surface area (Å²) in [5, 5.41) is 0. The van der Waals surface area contributed by atoms with Gasteiger partial charge in [0.15, 0.2) is 0 Å².